The fourth-order valence-electron chi connectivity index (χ4n) is 3.32. The zero-order valence-electron chi connectivity index (χ0n) is 17.3. The first-order valence-corrected chi connectivity index (χ1v) is 13.7. The van der Waals surface area contributed by atoms with E-state index in [4.69, 9.17) is 9.47 Å². The van der Waals surface area contributed by atoms with Crippen molar-refractivity contribution in [3.05, 3.63) is 23.9 Å². The normalized spacial score (nSPS) is 17.5. The van der Waals surface area contributed by atoms with Gasteiger partial charge >= 0.3 is 5.97 Å². The first kappa shape index (κ1) is 20.8. The van der Waals surface area contributed by atoms with E-state index in [1.807, 2.05) is 18.2 Å². The molecule has 0 aliphatic carbocycles. The molecule has 1 unspecified atom stereocenters. The van der Waals surface area contributed by atoms with Crippen molar-refractivity contribution in [2.24, 2.45) is 0 Å². The van der Waals surface area contributed by atoms with Gasteiger partial charge in [0.2, 0.25) is 0 Å². The van der Waals surface area contributed by atoms with E-state index in [-0.39, 0.29) is 6.10 Å². The number of ether oxygens (including phenoxy) is 2. The number of aromatic nitrogens is 2. The van der Waals surface area contributed by atoms with E-state index in [1.165, 1.54) is 0 Å². The van der Waals surface area contributed by atoms with E-state index in [0.29, 0.717) is 32.2 Å². The fourth-order valence-corrected chi connectivity index (χ4v) is 4.07. The monoisotopic (exact) mass is 405 g/mol. The summed E-state index contributed by atoms with van der Waals surface area (Å²) in [6, 6.07) is 7.02. The van der Waals surface area contributed by atoms with Gasteiger partial charge in [0, 0.05) is 38.8 Å². The van der Waals surface area contributed by atoms with Gasteiger partial charge in [0.15, 0.2) is 5.69 Å². The molecule has 2 heterocycles. The molecular formula is C20H31N3O4Si. The maximum atomic E-state index is 12.4. The third-order valence-corrected chi connectivity index (χ3v) is 6.65. The number of anilines is 1. The van der Waals surface area contributed by atoms with Crippen LogP contribution in [-0.2, 0) is 16.2 Å². The average Bonchev–Trinajstić information content (AvgIpc) is 3.21. The number of aliphatic hydroxyl groups is 1. The molecule has 3 rings (SSSR count). The summed E-state index contributed by atoms with van der Waals surface area (Å²) in [5.74, 6) is -0.424. The van der Waals surface area contributed by atoms with Crippen LogP contribution in [0.2, 0.25) is 25.7 Å². The van der Waals surface area contributed by atoms with Crippen LogP contribution in [0, 0.1) is 0 Å². The maximum absolute atomic E-state index is 12.4. The second-order valence-corrected chi connectivity index (χ2v) is 14.1. The SMILES string of the molecule is CCOC(=O)c1nn(COCC[Si](C)(C)C)c2ccc(N3CCC(O)C3)cc12. The Morgan fingerprint density at radius 2 is 2.14 bits per heavy atom. The fraction of sp³-hybridized carbons (Fsp3) is 0.600. The Morgan fingerprint density at radius 1 is 1.36 bits per heavy atom. The number of esters is 1. The number of rotatable bonds is 8. The summed E-state index contributed by atoms with van der Waals surface area (Å²) in [6.07, 6.45) is 0.454. The number of carbonyl (C=O) groups excluding carboxylic acids is 1. The Kier molecular flexibility index (Phi) is 6.42. The van der Waals surface area contributed by atoms with Gasteiger partial charge < -0.3 is 19.5 Å². The second-order valence-electron chi connectivity index (χ2n) is 8.51. The van der Waals surface area contributed by atoms with E-state index in [2.05, 4.69) is 29.6 Å². The zero-order valence-corrected chi connectivity index (χ0v) is 18.3. The molecule has 0 amide bonds. The minimum absolute atomic E-state index is 0.303. The van der Waals surface area contributed by atoms with Crippen molar-refractivity contribution < 1.29 is 19.4 Å². The van der Waals surface area contributed by atoms with E-state index < -0.39 is 14.0 Å². The third-order valence-electron chi connectivity index (χ3n) is 4.94. The molecule has 154 valence electrons. The van der Waals surface area contributed by atoms with Crippen LogP contribution in [0.25, 0.3) is 10.9 Å². The quantitative estimate of drug-likeness (QED) is 0.413. The first-order valence-electron chi connectivity index (χ1n) is 9.97. The van der Waals surface area contributed by atoms with E-state index in [9.17, 15) is 9.90 Å². The molecule has 1 aromatic carbocycles. The van der Waals surface area contributed by atoms with Crippen LogP contribution in [0.5, 0.6) is 0 Å². The highest BCUT2D eigenvalue weighted by molar-refractivity contribution is 6.76. The van der Waals surface area contributed by atoms with Crippen molar-refractivity contribution in [1.82, 2.24) is 9.78 Å². The molecule has 1 saturated heterocycles. The van der Waals surface area contributed by atoms with Crippen molar-refractivity contribution in [1.29, 1.82) is 0 Å². The molecule has 8 heteroatoms. The van der Waals surface area contributed by atoms with E-state index in [1.54, 1.807) is 11.6 Å². The molecule has 1 fully saturated rings. The molecule has 1 aromatic heterocycles. The molecule has 0 radical (unpaired) electrons. The number of carbonyl (C=O) groups is 1. The summed E-state index contributed by atoms with van der Waals surface area (Å²) in [6.45, 7) is 11.4. The van der Waals surface area contributed by atoms with Gasteiger partial charge in [-0.15, -0.1) is 0 Å². The third kappa shape index (κ3) is 4.92. The van der Waals surface area contributed by atoms with Crippen LogP contribution in [0.15, 0.2) is 18.2 Å². The smallest absolute Gasteiger partial charge is 0.359 e. The number of hydrogen-bond donors (Lipinski definition) is 1. The van der Waals surface area contributed by atoms with Gasteiger partial charge in [-0.25, -0.2) is 9.48 Å². The van der Waals surface area contributed by atoms with Crippen LogP contribution < -0.4 is 4.90 Å². The highest BCUT2D eigenvalue weighted by atomic mass is 28.3. The van der Waals surface area contributed by atoms with Crippen molar-refractivity contribution in [2.45, 2.75) is 51.9 Å². The lowest BCUT2D eigenvalue weighted by atomic mass is 10.1. The standard InChI is InChI=1S/C20H31N3O4Si/c1-5-27-20(25)19-17-12-15(22-9-8-16(24)13-22)6-7-18(17)23(21-19)14-26-10-11-28(2,3)4/h6-7,12,16,24H,5,8-11,13-14H2,1-4H3. The van der Waals surface area contributed by atoms with Crippen molar-refractivity contribution >= 4 is 30.6 Å². The molecule has 0 saturated carbocycles. The van der Waals surface area contributed by atoms with Gasteiger partial charge in [0.1, 0.15) is 6.73 Å². The van der Waals surface area contributed by atoms with Crippen LogP contribution >= 0.6 is 0 Å². The molecule has 1 aliphatic rings. The van der Waals surface area contributed by atoms with Gasteiger partial charge in [-0.2, -0.15) is 5.10 Å². The molecule has 2 aromatic rings. The number of hydrogen-bond acceptors (Lipinski definition) is 6. The highest BCUT2D eigenvalue weighted by Crippen LogP contribution is 2.28. The molecule has 28 heavy (non-hydrogen) atoms. The molecular weight excluding hydrogens is 374 g/mol. The van der Waals surface area contributed by atoms with E-state index in [0.717, 1.165) is 35.6 Å². The molecule has 1 N–H and O–H groups in total. The summed E-state index contributed by atoms with van der Waals surface area (Å²) >= 11 is 0. The van der Waals surface area contributed by atoms with Gasteiger partial charge in [-0.3, -0.25) is 0 Å². The number of β-amino-alcohol motifs (C(OH)–C–C–N with tert-alkyl or cyclic N) is 1. The molecule has 0 spiro atoms. The van der Waals surface area contributed by atoms with Crippen molar-refractivity contribution in [2.75, 3.05) is 31.2 Å². The van der Waals surface area contributed by atoms with E-state index >= 15 is 0 Å². The molecule has 0 bridgehead atoms. The second kappa shape index (κ2) is 8.63. The summed E-state index contributed by atoms with van der Waals surface area (Å²) in [5.41, 5.74) is 2.14. The lowest BCUT2D eigenvalue weighted by Gasteiger charge is -2.18. The topological polar surface area (TPSA) is 76.8 Å². The largest absolute Gasteiger partial charge is 0.461 e. The van der Waals surface area contributed by atoms with Crippen LogP contribution in [0.3, 0.4) is 0 Å². The summed E-state index contributed by atoms with van der Waals surface area (Å²) in [5, 5.41) is 15.1. The predicted octanol–water partition coefficient (Wildman–Crippen LogP) is 3.10. The minimum atomic E-state index is -1.16. The lowest BCUT2D eigenvalue weighted by molar-refractivity contribution is 0.0513. The predicted molar refractivity (Wildman–Crippen MR) is 113 cm³/mol. The van der Waals surface area contributed by atoms with Gasteiger partial charge in [-0.1, -0.05) is 19.6 Å². The minimum Gasteiger partial charge on any atom is -0.461 e. The van der Waals surface area contributed by atoms with Crippen molar-refractivity contribution in [3.63, 3.8) is 0 Å². The van der Waals surface area contributed by atoms with Crippen LogP contribution in [-0.4, -0.2) is 61.3 Å². The van der Waals surface area contributed by atoms with Crippen LogP contribution in [0.1, 0.15) is 23.8 Å². The summed E-state index contributed by atoms with van der Waals surface area (Å²) in [4.78, 5) is 14.6. The molecule has 1 aliphatic heterocycles. The summed E-state index contributed by atoms with van der Waals surface area (Å²) < 4.78 is 12.8. The maximum Gasteiger partial charge on any atom is 0.359 e. The van der Waals surface area contributed by atoms with Gasteiger partial charge in [0.05, 0.1) is 18.2 Å². The van der Waals surface area contributed by atoms with Crippen LogP contribution in [0.4, 0.5) is 5.69 Å². The molecule has 7 nitrogen and oxygen atoms in total. The number of benzene rings is 1. The highest BCUT2D eigenvalue weighted by Gasteiger charge is 2.23. The van der Waals surface area contributed by atoms with Gasteiger partial charge in [-0.05, 0) is 37.6 Å². The Hall–Kier alpha value is -1.90. The number of nitrogens with zero attached hydrogens (tertiary/aromatic N) is 3. The zero-order chi connectivity index (χ0) is 20.3. The number of fused-ring (bicyclic) bond motifs is 1. The van der Waals surface area contributed by atoms with Gasteiger partial charge in [0.25, 0.3) is 0 Å². The Balaban J connectivity index is 1.86. The van der Waals surface area contributed by atoms with Crippen molar-refractivity contribution in [3.8, 4) is 0 Å². The first-order chi connectivity index (χ1) is 13.3. The molecule has 1 atom stereocenters. The average molecular weight is 406 g/mol. The number of aliphatic hydroxyl groups excluding tert-OH is 1. The lowest BCUT2D eigenvalue weighted by Crippen LogP contribution is -2.22. The summed E-state index contributed by atoms with van der Waals surface area (Å²) in [7, 11) is -1.16. The Morgan fingerprint density at radius 3 is 2.79 bits per heavy atom. The Bertz CT molecular complexity index is 831. The Labute approximate surface area is 167 Å².